The largest absolute Gasteiger partial charge is 0.370 e. The Labute approximate surface area is 113 Å². The Morgan fingerprint density at radius 2 is 2.05 bits per heavy atom. The second kappa shape index (κ2) is 5.31. The molecule has 3 rings (SSSR count). The van der Waals surface area contributed by atoms with Gasteiger partial charge >= 0.3 is 0 Å². The molecule has 1 saturated heterocycles. The van der Waals surface area contributed by atoms with Gasteiger partial charge in [-0.25, -0.2) is 4.98 Å². The highest BCUT2D eigenvalue weighted by Crippen LogP contribution is 2.19. The number of aryl methyl sites for hydroxylation is 2. The number of nitrogens with zero attached hydrogens (tertiary/aromatic N) is 1. The molecular formula is C15H21N3O. The van der Waals surface area contributed by atoms with Crippen molar-refractivity contribution in [2.75, 3.05) is 13.1 Å². The predicted molar refractivity (Wildman–Crippen MR) is 76.2 cm³/mol. The maximum absolute atomic E-state index is 5.93. The monoisotopic (exact) mass is 259 g/mol. The molecule has 0 atom stereocenters. The Bertz CT molecular complexity index is 570. The summed E-state index contributed by atoms with van der Waals surface area (Å²) in [7, 11) is 0. The maximum atomic E-state index is 5.93. The van der Waals surface area contributed by atoms with Gasteiger partial charge in [0.1, 0.15) is 12.4 Å². The number of benzene rings is 1. The van der Waals surface area contributed by atoms with Gasteiger partial charge in [-0.15, -0.1) is 0 Å². The summed E-state index contributed by atoms with van der Waals surface area (Å²) in [4.78, 5) is 8.01. The topological polar surface area (TPSA) is 49.9 Å². The van der Waals surface area contributed by atoms with E-state index in [-0.39, 0.29) is 0 Å². The average molecular weight is 259 g/mol. The molecule has 0 spiro atoms. The Kier molecular flexibility index (Phi) is 3.53. The van der Waals surface area contributed by atoms with Crippen molar-refractivity contribution in [1.29, 1.82) is 0 Å². The van der Waals surface area contributed by atoms with Crippen molar-refractivity contribution in [3.8, 4) is 0 Å². The van der Waals surface area contributed by atoms with Crippen LogP contribution in [-0.2, 0) is 11.3 Å². The van der Waals surface area contributed by atoms with Crippen LogP contribution in [0, 0.1) is 13.8 Å². The molecule has 0 unspecified atom stereocenters. The summed E-state index contributed by atoms with van der Waals surface area (Å²) in [6, 6.07) is 4.31. The van der Waals surface area contributed by atoms with Gasteiger partial charge in [0.25, 0.3) is 0 Å². The Balaban J connectivity index is 1.72. The van der Waals surface area contributed by atoms with Crippen molar-refractivity contribution in [1.82, 2.24) is 15.3 Å². The van der Waals surface area contributed by atoms with Crippen LogP contribution in [0.1, 0.15) is 29.8 Å². The fraction of sp³-hybridized carbons (Fsp3) is 0.533. The van der Waals surface area contributed by atoms with Crippen molar-refractivity contribution >= 4 is 11.0 Å². The predicted octanol–water partition coefficient (Wildman–Crippen LogP) is 2.45. The molecule has 1 aromatic heterocycles. The molecule has 0 amide bonds. The minimum atomic E-state index is 0.372. The zero-order valence-electron chi connectivity index (χ0n) is 11.6. The maximum Gasteiger partial charge on any atom is 0.133 e. The normalized spacial score (nSPS) is 17.2. The lowest BCUT2D eigenvalue weighted by molar-refractivity contribution is 0.0182. The number of fused-ring (bicyclic) bond motifs is 1. The molecule has 1 aromatic carbocycles. The first-order valence-electron chi connectivity index (χ1n) is 7.00. The van der Waals surface area contributed by atoms with Gasteiger partial charge < -0.3 is 15.0 Å². The Morgan fingerprint density at radius 1 is 1.26 bits per heavy atom. The standard InChI is InChI=1S/C15H21N3O/c1-10-7-11(2)15-13(8-10)17-14(18-15)9-19-12-3-5-16-6-4-12/h7-8,12,16H,3-6,9H2,1-2H3,(H,17,18). The van der Waals surface area contributed by atoms with Crippen LogP contribution in [0.15, 0.2) is 12.1 Å². The summed E-state index contributed by atoms with van der Waals surface area (Å²) in [6.07, 6.45) is 2.56. The van der Waals surface area contributed by atoms with Crippen LogP contribution in [-0.4, -0.2) is 29.2 Å². The summed E-state index contributed by atoms with van der Waals surface area (Å²) < 4.78 is 5.93. The van der Waals surface area contributed by atoms with Crippen LogP contribution in [0.2, 0.25) is 0 Å². The van der Waals surface area contributed by atoms with Gasteiger partial charge in [0.2, 0.25) is 0 Å². The molecule has 4 nitrogen and oxygen atoms in total. The fourth-order valence-electron chi connectivity index (χ4n) is 2.75. The lowest BCUT2D eigenvalue weighted by atomic mass is 10.1. The second-order valence-electron chi connectivity index (χ2n) is 5.42. The first-order valence-corrected chi connectivity index (χ1v) is 7.00. The number of aromatic nitrogens is 2. The molecule has 1 aliphatic rings. The van der Waals surface area contributed by atoms with Crippen LogP contribution in [0.4, 0.5) is 0 Å². The van der Waals surface area contributed by atoms with Crippen molar-refractivity contribution in [2.24, 2.45) is 0 Å². The summed E-state index contributed by atoms with van der Waals surface area (Å²) in [6.45, 7) is 6.91. The Hall–Kier alpha value is -1.39. The fourth-order valence-corrected chi connectivity index (χ4v) is 2.75. The van der Waals surface area contributed by atoms with Gasteiger partial charge in [-0.05, 0) is 57.0 Å². The molecule has 0 saturated carbocycles. The third-order valence-electron chi connectivity index (χ3n) is 3.71. The third kappa shape index (κ3) is 2.80. The van der Waals surface area contributed by atoms with Crippen LogP contribution < -0.4 is 5.32 Å². The van der Waals surface area contributed by atoms with E-state index in [0.717, 1.165) is 42.8 Å². The summed E-state index contributed by atoms with van der Waals surface area (Å²) in [5.41, 5.74) is 4.66. The highest BCUT2D eigenvalue weighted by atomic mass is 16.5. The highest BCUT2D eigenvalue weighted by molar-refractivity contribution is 5.79. The van der Waals surface area contributed by atoms with Gasteiger partial charge in [0, 0.05) is 0 Å². The zero-order valence-corrected chi connectivity index (χ0v) is 11.6. The number of nitrogens with one attached hydrogen (secondary N) is 2. The highest BCUT2D eigenvalue weighted by Gasteiger charge is 2.14. The van der Waals surface area contributed by atoms with Crippen LogP contribution in [0.3, 0.4) is 0 Å². The van der Waals surface area contributed by atoms with Gasteiger partial charge in [0.05, 0.1) is 17.1 Å². The molecule has 2 heterocycles. The molecule has 0 radical (unpaired) electrons. The first kappa shape index (κ1) is 12.6. The summed E-state index contributed by atoms with van der Waals surface area (Å²) in [5.74, 6) is 0.933. The van der Waals surface area contributed by atoms with E-state index in [1.54, 1.807) is 0 Å². The van der Waals surface area contributed by atoms with Crippen molar-refractivity contribution in [3.05, 3.63) is 29.1 Å². The molecule has 19 heavy (non-hydrogen) atoms. The van der Waals surface area contributed by atoms with E-state index in [2.05, 4.69) is 41.3 Å². The number of H-pyrrole nitrogens is 1. The second-order valence-corrected chi connectivity index (χ2v) is 5.42. The first-order chi connectivity index (χ1) is 9.22. The number of ether oxygens (including phenoxy) is 1. The van der Waals surface area contributed by atoms with E-state index >= 15 is 0 Å². The van der Waals surface area contributed by atoms with Crippen LogP contribution in [0.5, 0.6) is 0 Å². The lowest BCUT2D eigenvalue weighted by Crippen LogP contribution is -2.32. The smallest absolute Gasteiger partial charge is 0.133 e. The number of hydrogen-bond acceptors (Lipinski definition) is 3. The summed E-state index contributed by atoms with van der Waals surface area (Å²) >= 11 is 0. The SMILES string of the molecule is Cc1cc(C)c2nc(COC3CCNCC3)[nH]c2c1. The van der Waals surface area contributed by atoms with Crippen molar-refractivity contribution < 1.29 is 4.74 Å². The minimum absolute atomic E-state index is 0.372. The number of hydrogen-bond donors (Lipinski definition) is 2. The molecule has 0 aliphatic carbocycles. The molecule has 1 fully saturated rings. The van der Waals surface area contributed by atoms with E-state index in [1.165, 1.54) is 11.1 Å². The van der Waals surface area contributed by atoms with E-state index in [9.17, 15) is 0 Å². The zero-order chi connectivity index (χ0) is 13.2. The average Bonchev–Trinajstić information content (AvgIpc) is 2.81. The number of rotatable bonds is 3. The third-order valence-corrected chi connectivity index (χ3v) is 3.71. The number of aromatic amines is 1. The van der Waals surface area contributed by atoms with E-state index < -0.39 is 0 Å². The van der Waals surface area contributed by atoms with E-state index in [0.29, 0.717) is 12.7 Å². The number of piperidine rings is 1. The van der Waals surface area contributed by atoms with Gasteiger partial charge in [0.15, 0.2) is 0 Å². The van der Waals surface area contributed by atoms with E-state index in [4.69, 9.17) is 4.74 Å². The minimum Gasteiger partial charge on any atom is -0.370 e. The lowest BCUT2D eigenvalue weighted by Gasteiger charge is -2.22. The summed E-state index contributed by atoms with van der Waals surface area (Å²) in [5, 5.41) is 3.34. The van der Waals surface area contributed by atoms with Gasteiger partial charge in [-0.2, -0.15) is 0 Å². The quantitative estimate of drug-likeness (QED) is 0.890. The molecule has 4 heteroatoms. The van der Waals surface area contributed by atoms with Crippen LogP contribution >= 0.6 is 0 Å². The molecule has 1 aliphatic heterocycles. The molecule has 0 bridgehead atoms. The molecule has 102 valence electrons. The van der Waals surface area contributed by atoms with Gasteiger partial charge in [-0.3, -0.25) is 0 Å². The van der Waals surface area contributed by atoms with Crippen molar-refractivity contribution in [2.45, 2.75) is 39.4 Å². The molecule has 2 N–H and O–H groups in total. The van der Waals surface area contributed by atoms with Crippen molar-refractivity contribution in [3.63, 3.8) is 0 Å². The Morgan fingerprint density at radius 3 is 2.84 bits per heavy atom. The molecule has 2 aromatic rings. The van der Waals surface area contributed by atoms with E-state index in [1.807, 2.05) is 0 Å². The van der Waals surface area contributed by atoms with Crippen LogP contribution in [0.25, 0.3) is 11.0 Å². The van der Waals surface area contributed by atoms with Gasteiger partial charge in [-0.1, -0.05) is 6.07 Å². The number of imidazole rings is 1. The molecular weight excluding hydrogens is 238 g/mol.